The standard InChI is InChI=1S/C25H28BrN5O2S/c1-18-17-29(13-14-30(18)24(33)20-8-6-9-21(26)16-20)23(32)12-7-15-34-25-28-27-19(2)31(25)22-10-4-3-5-11-22/h3-6,8-11,16,18H,7,12-15,17H2,1-2H3. The van der Waals surface area contributed by atoms with E-state index in [9.17, 15) is 9.59 Å². The van der Waals surface area contributed by atoms with Crippen LogP contribution in [0.5, 0.6) is 0 Å². The van der Waals surface area contributed by atoms with Crippen molar-refractivity contribution in [3.8, 4) is 5.69 Å². The van der Waals surface area contributed by atoms with E-state index in [-0.39, 0.29) is 17.9 Å². The molecule has 1 aliphatic rings. The van der Waals surface area contributed by atoms with Crippen molar-refractivity contribution in [3.63, 3.8) is 0 Å². The number of benzene rings is 2. The van der Waals surface area contributed by atoms with Gasteiger partial charge in [0.25, 0.3) is 5.91 Å². The predicted octanol–water partition coefficient (Wildman–Crippen LogP) is 4.58. The van der Waals surface area contributed by atoms with Gasteiger partial charge in [-0.3, -0.25) is 14.2 Å². The van der Waals surface area contributed by atoms with Crippen molar-refractivity contribution in [1.82, 2.24) is 24.6 Å². The summed E-state index contributed by atoms with van der Waals surface area (Å²) in [6.45, 7) is 5.62. The van der Waals surface area contributed by atoms with Crippen molar-refractivity contribution in [2.24, 2.45) is 0 Å². The van der Waals surface area contributed by atoms with Gasteiger partial charge in [0.05, 0.1) is 0 Å². The van der Waals surface area contributed by atoms with Crippen molar-refractivity contribution in [2.75, 3.05) is 25.4 Å². The molecule has 1 aromatic heterocycles. The number of para-hydroxylation sites is 1. The third kappa shape index (κ3) is 5.70. The topological polar surface area (TPSA) is 71.3 Å². The SMILES string of the molecule is Cc1nnc(SCCCC(=O)N2CCN(C(=O)c3cccc(Br)c3)C(C)C2)n1-c1ccccc1. The highest BCUT2D eigenvalue weighted by molar-refractivity contribution is 9.10. The van der Waals surface area contributed by atoms with Crippen LogP contribution in [0, 0.1) is 6.92 Å². The van der Waals surface area contributed by atoms with Crippen LogP contribution in [-0.4, -0.2) is 67.8 Å². The van der Waals surface area contributed by atoms with E-state index in [0.717, 1.165) is 33.3 Å². The molecule has 4 rings (SSSR count). The maximum atomic E-state index is 12.9. The molecule has 0 bridgehead atoms. The third-order valence-corrected chi connectivity index (χ3v) is 7.40. The van der Waals surface area contributed by atoms with E-state index < -0.39 is 0 Å². The number of hydrogen-bond acceptors (Lipinski definition) is 5. The van der Waals surface area contributed by atoms with Crippen molar-refractivity contribution in [3.05, 3.63) is 70.5 Å². The van der Waals surface area contributed by atoms with E-state index in [2.05, 4.69) is 26.1 Å². The number of amides is 2. The molecule has 1 aliphatic heterocycles. The van der Waals surface area contributed by atoms with Gasteiger partial charge in [0.1, 0.15) is 5.82 Å². The summed E-state index contributed by atoms with van der Waals surface area (Å²) in [6, 6.07) is 17.5. The molecule has 34 heavy (non-hydrogen) atoms. The Hall–Kier alpha value is -2.65. The summed E-state index contributed by atoms with van der Waals surface area (Å²) in [5.41, 5.74) is 1.70. The van der Waals surface area contributed by atoms with Gasteiger partial charge in [-0.05, 0) is 50.6 Å². The summed E-state index contributed by atoms with van der Waals surface area (Å²) < 4.78 is 2.92. The average Bonchev–Trinajstić information content (AvgIpc) is 3.21. The largest absolute Gasteiger partial charge is 0.339 e. The lowest BCUT2D eigenvalue weighted by Crippen LogP contribution is -2.55. The van der Waals surface area contributed by atoms with Gasteiger partial charge < -0.3 is 9.80 Å². The number of halogens is 1. The van der Waals surface area contributed by atoms with Gasteiger partial charge in [-0.15, -0.1) is 10.2 Å². The molecule has 3 aromatic rings. The number of thioether (sulfide) groups is 1. The van der Waals surface area contributed by atoms with Crippen LogP contribution in [0.3, 0.4) is 0 Å². The lowest BCUT2D eigenvalue weighted by atomic mass is 10.1. The second-order valence-electron chi connectivity index (χ2n) is 8.35. The van der Waals surface area contributed by atoms with E-state index in [4.69, 9.17) is 0 Å². The lowest BCUT2D eigenvalue weighted by Gasteiger charge is -2.40. The molecule has 0 N–H and O–H groups in total. The Labute approximate surface area is 212 Å². The Kier molecular flexibility index (Phi) is 8.05. The summed E-state index contributed by atoms with van der Waals surface area (Å²) in [5, 5.41) is 9.36. The summed E-state index contributed by atoms with van der Waals surface area (Å²) >= 11 is 5.04. The minimum Gasteiger partial charge on any atom is -0.339 e. The zero-order chi connectivity index (χ0) is 24.1. The van der Waals surface area contributed by atoms with Crippen LogP contribution in [0.1, 0.15) is 35.9 Å². The normalized spacial score (nSPS) is 16.0. The van der Waals surface area contributed by atoms with Crippen LogP contribution >= 0.6 is 27.7 Å². The first kappa shape index (κ1) is 24.5. The van der Waals surface area contributed by atoms with Gasteiger partial charge in [0.15, 0.2) is 5.16 Å². The lowest BCUT2D eigenvalue weighted by molar-refractivity contribution is -0.133. The molecule has 0 saturated carbocycles. The molecule has 7 nitrogen and oxygen atoms in total. The Bertz CT molecular complexity index is 1150. The molecule has 2 amide bonds. The van der Waals surface area contributed by atoms with E-state index in [1.54, 1.807) is 11.8 Å². The maximum Gasteiger partial charge on any atom is 0.254 e. The maximum absolute atomic E-state index is 12.9. The number of aryl methyl sites for hydroxylation is 1. The third-order valence-electron chi connectivity index (χ3n) is 5.89. The van der Waals surface area contributed by atoms with Crippen LogP contribution in [0.4, 0.5) is 0 Å². The van der Waals surface area contributed by atoms with Gasteiger partial charge in [-0.2, -0.15) is 0 Å². The zero-order valence-corrected chi connectivity index (χ0v) is 21.8. The minimum absolute atomic E-state index is 0.00937. The smallest absolute Gasteiger partial charge is 0.254 e. The molecular weight excluding hydrogens is 514 g/mol. The number of rotatable bonds is 7. The molecule has 2 heterocycles. The second-order valence-corrected chi connectivity index (χ2v) is 10.3. The van der Waals surface area contributed by atoms with Gasteiger partial charge in [-0.25, -0.2) is 0 Å². The number of carbonyl (C=O) groups is 2. The van der Waals surface area contributed by atoms with Crippen LogP contribution in [-0.2, 0) is 4.79 Å². The highest BCUT2D eigenvalue weighted by Gasteiger charge is 2.30. The molecule has 1 atom stereocenters. The van der Waals surface area contributed by atoms with Crippen LogP contribution < -0.4 is 0 Å². The van der Waals surface area contributed by atoms with Crippen molar-refractivity contribution >= 4 is 39.5 Å². The molecule has 1 unspecified atom stereocenters. The summed E-state index contributed by atoms with van der Waals surface area (Å²) in [5.74, 6) is 1.78. The van der Waals surface area contributed by atoms with Gasteiger partial charge in [0.2, 0.25) is 5.91 Å². The van der Waals surface area contributed by atoms with E-state index in [1.807, 2.05) is 82.8 Å². The highest BCUT2D eigenvalue weighted by atomic mass is 79.9. The molecule has 0 aliphatic carbocycles. The van der Waals surface area contributed by atoms with E-state index >= 15 is 0 Å². The molecule has 1 fully saturated rings. The summed E-state index contributed by atoms with van der Waals surface area (Å²) in [7, 11) is 0. The van der Waals surface area contributed by atoms with Gasteiger partial charge in [0, 0.05) is 53.6 Å². The van der Waals surface area contributed by atoms with Crippen LogP contribution in [0.2, 0.25) is 0 Å². The van der Waals surface area contributed by atoms with Crippen LogP contribution in [0.25, 0.3) is 5.69 Å². The van der Waals surface area contributed by atoms with E-state index in [0.29, 0.717) is 31.6 Å². The number of nitrogens with zero attached hydrogens (tertiary/aromatic N) is 5. The molecule has 1 saturated heterocycles. The molecule has 0 spiro atoms. The van der Waals surface area contributed by atoms with Crippen molar-refractivity contribution in [1.29, 1.82) is 0 Å². The Balaban J connectivity index is 1.26. The zero-order valence-electron chi connectivity index (χ0n) is 19.4. The average molecular weight is 543 g/mol. The number of hydrogen-bond donors (Lipinski definition) is 0. The number of carbonyl (C=O) groups excluding carboxylic acids is 2. The molecule has 2 aromatic carbocycles. The first-order valence-corrected chi connectivity index (χ1v) is 13.2. The Morgan fingerprint density at radius 1 is 1.09 bits per heavy atom. The fraction of sp³-hybridized carbons (Fsp3) is 0.360. The highest BCUT2D eigenvalue weighted by Crippen LogP contribution is 2.23. The van der Waals surface area contributed by atoms with Gasteiger partial charge >= 0.3 is 0 Å². The molecule has 178 valence electrons. The predicted molar refractivity (Wildman–Crippen MR) is 137 cm³/mol. The first-order valence-electron chi connectivity index (χ1n) is 11.4. The Morgan fingerprint density at radius 3 is 2.62 bits per heavy atom. The fourth-order valence-electron chi connectivity index (χ4n) is 4.13. The van der Waals surface area contributed by atoms with Gasteiger partial charge in [-0.1, -0.05) is 52.0 Å². The van der Waals surface area contributed by atoms with Crippen LogP contribution in [0.15, 0.2) is 64.2 Å². The number of piperazine rings is 1. The molecule has 0 radical (unpaired) electrons. The fourth-order valence-corrected chi connectivity index (χ4v) is 5.46. The molecular formula is C25H28BrN5O2S. The first-order chi connectivity index (χ1) is 16.4. The minimum atomic E-state index is -0.0223. The molecule has 9 heteroatoms. The van der Waals surface area contributed by atoms with Crippen molar-refractivity contribution in [2.45, 2.75) is 37.9 Å². The number of aromatic nitrogens is 3. The second kappa shape index (κ2) is 11.2. The van der Waals surface area contributed by atoms with Crippen molar-refractivity contribution < 1.29 is 9.59 Å². The van der Waals surface area contributed by atoms with E-state index in [1.165, 1.54) is 0 Å². The summed E-state index contributed by atoms with van der Waals surface area (Å²) in [6.07, 6.45) is 1.24. The monoisotopic (exact) mass is 541 g/mol. The quantitative estimate of drug-likeness (QED) is 0.323. The summed E-state index contributed by atoms with van der Waals surface area (Å²) in [4.78, 5) is 29.5. The Morgan fingerprint density at radius 2 is 1.88 bits per heavy atom.